The number of rotatable bonds is 2. The molecule has 0 aliphatic heterocycles. The summed E-state index contributed by atoms with van der Waals surface area (Å²) in [6, 6.07) is 3.74. The lowest BCUT2D eigenvalue weighted by Crippen LogP contribution is -2.39. The molecule has 1 nitrogen and oxygen atoms in total. The second-order valence-corrected chi connectivity index (χ2v) is 7.53. The molecule has 2 heteroatoms. The quantitative estimate of drug-likeness (QED) is 0.826. The van der Waals surface area contributed by atoms with Crippen molar-refractivity contribution >= 4 is 11.3 Å². The third-order valence-electron chi connectivity index (χ3n) is 4.67. The molecule has 1 aromatic heterocycles. The van der Waals surface area contributed by atoms with E-state index in [0.29, 0.717) is 6.04 Å². The largest absolute Gasteiger partial charge is 0.307 e. The molecular weight excluding hydrogens is 238 g/mol. The van der Waals surface area contributed by atoms with Crippen molar-refractivity contribution in [1.82, 2.24) is 5.32 Å². The summed E-state index contributed by atoms with van der Waals surface area (Å²) in [6.45, 7) is 4.84. The van der Waals surface area contributed by atoms with E-state index in [1.54, 1.807) is 10.4 Å². The molecular formula is C16H25NS. The van der Waals surface area contributed by atoms with Gasteiger partial charge in [0.05, 0.1) is 0 Å². The van der Waals surface area contributed by atoms with E-state index in [2.05, 4.69) is 30.6 Å². The minimum atomic E-state index is 0.641. The van der Waals surface area contributed by atoms with E-state index in [1.807, 2.05) is 11.3 Å². The van der Waals surface area contributed by atoms with Crippen molar-refractivity contribution in [1.29, 1.82) is 0 Å². The van der Waals surface area contributed by atoms with Gasteiger partial charge in [0.15, 0.2) is 0 Å². The molecule has 1 aromatic rings. The van der Waals surface area contributed by atoms with E-state index in [9.17, 15) is 0 Å². The predicted octanol–water partition coefficient (Wildman–Crippen LogP) is 4.54. The highest BCUT2D eigenvalue weighted by molar-refractivity contribution is 7.10. The van der Waals surface area contributed by atoms with Crippen LogP contribution < -0.4 is 5.32 Å². The van der Waals surface area contributed by atoms with Crippen molar-refractivity contribution in [3.05, 3.63) is 21.9 Å². The Kier molecular flexibility index (Phi) is 3.76. The second-order valence-electron chi connectivity index (χ2n) is 6.52. The molecule has 1 heterocycles. The Morgan fingerprint density at radius 2 is 1.94 bits per heavy atom. The average Bonchev–Trinajstić information content (AvgIpc) is 2.76. The molecule has 1 N–H and O–H groups in total. The fraction of sp³-hybridized carbons (Fsp3) is 0.750. The SMILES string of the molecule is CC1CC(C)CC(NC2CCCc3sccc32)C1. The number of nitrogens with one attached hydrogen (secondary N) is 1. The van der Waals surface area contributed by atoms with Crippen molar-refractivity contribution in [3.63, 3.8) is 0 Å². The highest BCUT2D eigenvalue weighted by atomic mass is 32.1. The van der Waals surface area contributed by atoms with E-state index in [-0.39, 0.29) is 0 Å². The average molecular weight is 263 g/mol. The minimum absolute atomic E-state index is 0.641. The van der Waals surface area contributed by atoms with Crippen LogP contribution >= 0.6 is 11.3 Å². The van der Waals surface area contributed by atoms with Crippen LogP contribution in [0.1, 0.15) is 62.4 Å². The highest BCUT2D eigenvalue weighted by Gasteiger charge is 2.28. The van der Waals surface area contributed by atoms with Crippen molar-refractivity contribution in [2.24, 2.45) is 11.8 Å². The molecule has 3 atom stereocenters. The summed E-state index contributed by atoms with van der Waals surface area (Å²) in [5.41, 5.74) is 1.61. The zero-order valence-corrected chi connectivity index (χ0v) is 12.4. The molecule has 3 rings (SSSR count). The molecule has 1 fully saturated rings. The van der Waals surface area contributed by atoms with E-state index >= 15 is 0 Å². The maximum absolute atomic E-state index is 3.97. The number of aryl methyl sites for hydroxylation is 1. The van der Waals surface area contributed by atoms with Gasteiger partial charge in [0.2, 0.25) is 0 Å². The zero-order chi connectivity index (χ0) is 12.5. The van der Waals surface area contributed by atoms with E-state index in [0.717, 1.165) is 17.9 Å². The maximum Gasteiger partial charge on any atom is 0.0333 e. The van der Waals surface area contributed by atoms with E-state index in [1.165, 1.54) is 38.5 Å². The van der Waals surface area contributed by atoms with Crippen LogP contribution in [0.3, 0.4) is 0 Å². The molecule has 18 heavy (non-hydrogen) atoms. The molecule has 100 valence electrons. The Hall–Kier alpha value is -0.340. The summed E-state index contributed by atoms with van der Waals surface area (Å²) in [5.74, 6) is 1.80. The van der Waals surface area contributed by atoms with Crippen molar-refractivity contribution in [2.75, 3.05) is 0 Å². The summed E-state index contributed by atoms with van der Waals surface area (Å²) in [6.07, 6.45) is 8.18. The van der Waals surface area contributed by atoms with Gasteiger partial charge in [-0.25, -0.2) is 0 Å². The first-order chi connectivity index (χ1) is 8.72. The Balaban J connectivity index is 1.67. The fourth-order valence-corrected chi connectivity index (χ4v) is 5.01. The van der Waals surface area contributed by atoms with Crippen LogP contribution in [0.2, 0.25) is 0 Å². The predicted molar refractivity (Wildman–Crippen MR) is 79.1 cm³/mol. The smallest absolute Gasteiger partial charge is 0.0333 e. The van der Waals surface area contributed by atoms with Crippen LogP contribution in [-0.2, 0) is 6.42 Å². The lowest BCUT2D eigenvalue weighted by molar-refractivity contribution is 0.220. The van der Waals surface area contributed by atoms with Gasteiger partial charge >= 0.3 is 0 Å². The number of thiophene rings is 1. The molecule has 2 aliphatic rings. The van der Waals surface area contributed by atoms with Crippen LogP contribution in [0.4, 0.5) is 0 Å². The molecule has 0 saturated heterocycles. The van der Waals surface area contributed by atoms with Crippen molar-refractivity contribution in [2.45, 2.75) is 64.5 Å². The molecule has 1 saturated carbocycles. The van der Waals surface area contributed by atoms with Gasteiger partial charge in [0.1, 0.15) is 0 Å². The normalized spacial score (nSPS) is 36.3. The van der Waals surface area contributed by atoms with E-state index in [4.69, 9.17) is 0 Å². The first kappa shape index (κ1) is 12.7. The van der Waals surface area contributed by atoms with Crippen LogP contribution in [0, 0.1) is 11.8 Å². The van der Waals surface area contributed by atoms with Gasteiger partial charge in [0, 0.05) is 17.0 Å². The Labute approximate surface area is 115 Å². The van der Waals surface area contributed by atoms with Gasteiger partial charge < -0.3 is 5.32 Å². The summed E-state index contributed by atoms with van der Waals surface area (Å²) >= 11 is 1.95. The van der Waals surface area contributed by atoms with Gasteiger partial charge in [-0.15, -0.1) is 11.3 Å². The third kappa shape index (κ3) is 2.65. The monoisotopic (exact) mass is 263 g/mol. The van der Waals surface area contributed by atoms with Crippen LogP contribution in [0.25, 0.3) is 0 Å². The molecule has 2 aliphatic carbocycles. The fourth-order valence-electron chi connectivity index (χ4n) is 4.03. The molecule has 0 radical (unpaired) electrons. The second kappa shape index (κ2) is 5.34. The number of hydrogen-bond acceptors (Lipinski definition) is 2. The van der Waals surface area contributed by atoms with Crippen LogP contribution in [0.15, 0.2) is 11.4 Å². The van der Waals surface area contributed by atoms with Crippen LogP contribution in [0.5, 0.6) is 0 Å². The first-order valence-electron chi connectivity index (χ1n) is 7.54. The molecule has 0 amide bonds. The number of hydrogen-bond donors (Lipinski definition) is 1. The van der Waals surface area contributed by atoms with Gasteiger partial charge in [-0.1, -0.05) is 13.8 Å². The highest BCUT2D eigenvalue weighted by Crippen LogP contribution is 2.36. The number of fused-ring (bicyclic) bond motifs is 1. The zero-order valence-electron chi connectivity index (χ0n) is 11.6. The molecule has 0 bridgehead atoms. The van der Waals surface area contributed by atoms with Crippen LogP contribution in [-0.4, -0.2) is 6.04 Å². The standard InChI is InChI=1S/C16H25NS/c1-11-8-12(2)10-13(9-11)17-15-4-3-5-16-14(15)6-7-18-16/h6-7,11-13,15,17H,3-5,8-10H2,1-2H3. The first-order valence-corrected chi connectivity index (χ1v) is 8.42. The topological polar surface area (TPSA) is 12.0 Å². The van der Waals surface area contributed by atoms with Gasteiger partial charge in [-0.2, -0.15) is 0 Å². The molecule has 3 unspecified atom stereocenters. The van der Waals surface area contributed by atoms with Crippen molar-refractivity contribution < 1.29 is 0 Å². The lowest BCUT2D eigenvalue weighted by atomic mass is 9.79. The van der Waals surface area contributed by atoms with Gasteiger partial charge in [-0.05, 0) is 67.4 Å². The van der Waals surface area contributed by atoms with Crippen molar-refractivity contribution in [3.8, 4) is 0 Å². The Morgan fingerprint density at radius 1 is 1.17 bits per heavy atom. The Bertz CT molecular complexity index is 388. The summed E-state index contributed by atoms with van der Waals surface area (Å²) < 4.78 is 0. The van der Waals surface area contributed by atoms with E-state index < -0.39 is 0 Å². The minimum Gasteiger partial charge on any atom is -0.307 e. The molecule has 0 spiro atoms. The van der Waals surface area contributed by atoms with Gasteiger partial charge in [-0.3, -0.25) is 0 Å². The third-order valence-corrected chi connectivity index (χ3v) is 5.66. The maximum atomic E-state index is 3.97. The summed E-state index contributed by atoms with van der Waals surface area (Å²) in [5, 5.41) is 6.24. The molecule has 0 aromatic carbocycles. The lowest BCUT2D eigenvalue weighted by Gasteiger charge is -2.36. The van der Waals surface area contributed by atoms with Gasteiger partial charge in [0.25, 0.3) is 0 Å². The summed E-state index contributed by atoms with van der Waals surface area (Å²) in [7, 11) is 0. The Morgan fingerprint density at radius 3 is 2.72 bits per heavy atom. The summed E-state index contributed by atoms with van der Waals surface area (Å²) in [4.78, 5) is 1.63.